The van der Waals surface area contributed by atoms with E-state index in [1.54, 1.807) is 0 Å². The van der Waals surface area contributed by atoms with Crippen LogP contribution in [0.4, 0.5) is 0 Å². The highest BCUT2D eigenvalue weighted by atomic mass is 16.5. The molecule has 0 unspecified atom stereocenters. The van der Waals surface area contributed by atoms with Crippen molar-refractivity contribution < 1.29 is 4.74 Å². The number of hydrogen-bond donors (Lipinski definition) is 0. The molecule has 0 bridgehead atoms. The van der Waals surface area contributed by atoms with Crippen molar-refractivity contribution in [2.75, 3.05) is 13.2 Å². The summed E-state index contributed by atoms with van der Waals surface area (Å²) in [6, 6.07) is 8.82. The van der Waals surface area contributed by atoms with Crippen LogP contribution in [0.5, 0.6) is 0 Å². The fourth-order valence-electron chi connectivity index (χ4n) is 1.90. The van der Waals surface area contributed by atoms with Crippen LogP contribution in [-0.2, 0) is 4.74 Å². The minimum atomic E-state index is 0.612. The molecule has 1 aromatic rings. The van der Waals surface area contributed by atoms with E-state index in [9.17, 15) is 0 Å². The third-order valence-electron chi connectivity index (χ3n) is 2.87. The van der Waals surface area contributed by atoms with E-state index in [0.29, 0.717) is 11.8 Å². The molecule has 0 aliphatic carbocycles. The van der Waals surface area contributed by atoms with Crippen molar-refractivity contribution in [3.05, 3.63) is 35.4 Å². The van der Waals surface area contributed by atoms with E-state index in [1.807, 2.05) is 0 Å². The molecule has 1 aliphatic rings. The van der Waals surface area contributed by atoms with Crippen molar-refractivity contribution in [1.82, 2.24) is 0 Å². The van der Waals surface area contributed by atoms with E-state index in [0.717, 1.165) is 13.2 Å². The molecule has 0 N–H and O–H groups in total. The fourth-order valence-corrected chi connectivity index (χ4v) is 1.90. The predicted molar refractivity (Wildman–Crippen MR) is 53.9 cm³/mol. The Morgan fingerprint density at radius 3 is 2.38 bits per heavy atom. The van der Waals surface area contributed by atoms with Gasteiger partial charge in [0.05, 0.1) is 6.61 Å². The number of hydrogen-bond acceptors (Lipinski definition) is 1. The van der Waals surface area contributed by atoms with E-state index in [4.69, 9.17) is 4.74 Å². The van der Waals surface area contributed by atoms with Gasteiger partial charge >= 0.3 is 0 Å². The van der Waals surface area contributed by atoms with Gasteiger partial charge in [-0.2, -0.15) is 0 Å². The first kappa shape index (κ1) is 8.76. The van der Waals surface area contributed by atoms with Gasteiger partial charge in [0, 0.05) is 12.5 Å². The summed E-state index contributed by atoms with van der Waals surface area (Å²) in [7, 11) is 0. The lowest BCUT2D eigenvalue weighted by atomic mass is 9.90. The lowest BCUT2D eigenvalue weighted by molar-refractivity contribution is 0.186. The molecule has 1 nitrogen and oxygen atoms in total. The molecule has 1 fully saturated rings. The molecule has 0 radical (unpaired) electrons. The molecule has 0 amide bonds. The quantitative estimate of drug-likeness (QED) is 0.639. The number of aryl methyl sites for hydroxylation is 1. The van der Waals surface area contributed by atoms with Crippen molar-refractivity contribution in [1.29, 1.82) is 0 Å². The minimum Gasteiger partial charge on any atom is -0.381 e. The van der Waals surface area contributed by atoms with Crippen LogP contribution in [0.25, 0.3) is 0 Å². The average Bonchev–Trinajstić information content (AvgIpc) is 2.53. The van der Waals surface area contributed by atoms with Crippen LogP contribution >= 0.6 is 0 Å². The standard InChI is InChI=1S/C12H16O/c1-9-3-5-11(6-4-9)12-8-13-7-10(12)2/h3-6,10,12H,7-8H2,1-2H3/t10-,12+/m0/s1. The van der Waals surface area contributed by atoms with Crippen LogP contribution in [-0.4, -0.2) is 13.2 Å². The Labute approximate surface area is 79.7 Å². The molecule has 1 heteroatoms. The van der Waals surface area contributed by atoms with Gasteiger partial charge in [-0.05, 0) is 18.4 Å². The molecule has 70 valence electrons. The summed E-state index contributed by atoms with van der Waals surface area (Å²) in [5.74, 6) is 1.28. The molecule has 13 heavy (non-hydrogen) atoms. The monoisotopic (exact) mass is 176 g/mol. The fraction of sp³-hybridized carbons (Fsp3) is 0.500. The summed E-state index contributed by atoms with van der Waals surface area (Å²) in [5, 5.41) is 0. The van der Waals surface area contributed by atoms with Gasteiger partial charge in [0.25, 0.3) is 0 Å². The zero-order valence-electron chi connectivity index (χ0n) is 8.29. The van der Waals surface area contributed by atoms with E-state index in [-0.39, 0.29) is 0 Å². The van der Waals surface area contributed by atoms with Crippen LogP contribution < -0.4 is 0 Å². The van der Waals surface area contributed by atoms with Gasteiger partial charge in [-0.15, -0.1) is 0 Å². The number of benzene rings is 1. The lowest BCUT2D eigenvalue weighted by Gasteiger charge is -2.13. The van der Waals surface area contributed by atoms with Crippen molar-refractivity contribution in [2.45, 2.75) is 19.8 Å². The second-order valence-electron chi connectivity index (χ2n) is 4.03. The first-order valence-electron chi connectivity index (χ1n) is 4.91. The zero-order valence-corrected chi connectivity index (χ0v) is 8.29. The Morgan fingerprint density at radius 2 is 1.85 bits per heavy atom. The Kier molecular flexibility index (Phi) is 2.36. The average molecular weight is 176 g/mol. The topological polar surface area (TPSA) is 9.23 Å². The molecule has 1 saturated heterocycles. The third-order valence-corrected chi connectivity index (χ3v) is 2.87. The maximum absolute atomic E-state index is 5.45. The molecule has 0 aromatic heterocycles. The van der Waals surface area contributed by atoms with Crippen LogP contribution in [0.1, 0.15) is 24.0 Å². The van der Waals surface area contributed by atoms with Crippen molar-refractivity contribution in [3.8, 4) is 0 Å². The molecule has 1 heterocycles. The Hall–Kier alpha value is -0.820. The second-order valence-corrected chi connectivity index (χ2v) is 4.03. The summed E-state index contributed by atoms with van der Waals surface area (Å²) in [5.41, 5.74) is 2.76. The van der Waals surface area contributed by atoms with Gasteiger partial charge in [0.2, 0.25) is 0 Å². The highest BCUT2D eigenvalue weighted by Gasteiger charge is 2.25. The Morgan fingerprint density at radius 1 is 1.15 bits per heavy atom. The largest absolute Gasteiger partial charge is 0.381 e. The van der Waals surface area contributed by atoms with Gasteiger partial charge in [0.1, 0.15) is 0 Å². The van der Waals surface area contributed by atoms with Gasteiger partial charge in [-0.3, -0.25) is 0 Å². The summed E-state index contributed by atoms with van der Waals surface area (Å²) in [6.07, 6.45) is 0. The highest BCUT2D eigenvalue weighted by Crippen LogP contribution is 2.30. The summed E-state index contributed by atoms with van der Waals surface area (Å²) < 4.78 is 5.45. The summed E-state index contributed by atoms with van der Waals surface area (Å²) in [6.45, 7) is 6.19. The van der Waals surface area contributed by atoms with E-state index >= 15 is 0 Å². The first-order chi connectivity index (χ1) is 6.27. The second kappa shape index (κ2) is 3.51. The third kappa shape index (κ3) is 1.75. The predicted octanol–water partition coefficient (Wildman–Crippen LogP) is 2.74. The van der Waals surface area contributed by atoms with E-state index in [1.165, 1.54) is 11.1 Å². The SMILES string of the molecule is Cc1ccc([C@@H]2COC[C@@H]2C)cc1. The van der Waals surface area contributed by atoms with Crippen LogP contribution in [0.15, 0.2) is 24.3 Å². The minimum absolute atomic E-state index is 0.612. The zero-order chi connectivity index (χ0) is 9.26. The highest BCUT2D eigenvalue weighted by molar-refractivity contribution is 5.25. The van der Waals surface area contributed by atoms with Crippen LogP contribution in [0, 0.1) is 12.8 Å². The van der Waals surface area contributed by atoms with Crippen LogP contribution in [0.2, 0.25) is 0 Å². The lowest BCUT2D eigenvalue weighted by Crippen LogP contribution is -2.06. The van der Waals surface area contributed by atoms with Crippen molar-refractivity contribution in [2.24, 2.45) is 5.92 Å². The summed E-state index contributed by atoms with van der Waals surface area (Å²) >= 11 is 0. The van der Waals surface area contributed by atoms with Gasteiger partial charge in [-0.1, -0.05) is 36.8 Å². The molecule has 0 saturated carbocycles. The van der Waals surface area contributed by atoms with Crippen molar-refractivity contribution >= 4 is 0 Å². The molecule has 2 atom stereocenters. The maximum atomic E-state index is 5.45. The molecule has 1 aliphatic heterocycles. The molecule has 1 aromatic carbocycles. The van der Waals surface area contributed by atoms with Crippen LogP contribution in [0.3, 0.4) is 0 Å². The van der Waals surface area contributed by atoms with E-state index < -0.39 is 0 Å². The molecular formula is C12H16O. The number of rotatable bonds is 1. The van der Waals surface area contributed by atoms with E-state index in [2.05, 4.69) is 38.1 Å². The molecule has 2 rings (SSSR count). The normalized spacial score (nSPS) is 27.8. The maximum Gasteiger partial charge on any atom is 0.0538 e. The molecular weight excluding hydrogens is 160 g/mol. The summed E-state index contributed by atoms with van der Waals surface area (Å²) in [4.78, 5) is 0. The Balaban J connectivity index is 2.20. The Bertz CT molecular complexity index is 276. The first-order valence-corrected chi connectivity index (χ1v) is 4.91. The van der Waals surface area contributed by atoms with Gasteiger partial charge in [-0.25, -0.2) is 0 Å². The number of ether oxygens (including phenoxy) is 1. The van der Waals surface area contributed by atoms with Gasteiger partial charge < -0.3 is 4.74 Å². The molecule has 0 spiro atoms. The van der Waals surface area contributed by atoms with Gasteiger partial charge in [0.15, 0.2) is 0 Å². The smallest absolute Gasteiger partial charge is 0.0538 e. The van der Waals surface area contributed by atoms with Crippen molar-refractivity contribution in [3.63, 3.8) is 0 Å².